The van der Waals surface area contributed by atoms with Crippen molar-refractivity contribution in [3.05, 3.63) is 95.4 Å². The summed E-state index contributed by atoms with van der Waals surface area (Å²) in [4.78, 5) is 0. The van der Waals surface area contributed by atoms with Crippen LogP contribution in [0.1, 0.15) is 29.8 Å². The fraction of sp³-hybridized carbons (Fsp3) is 0.185. The van der Waals surface area contributed by atoms with E-state index < -0.39 is 18.3 Å². The summed E-state index contributed by atoms with van der Waals surface area (Å²) in [7, 11) is 0. The lowest BCUT2D eigenvalue weighted by Crippen LogP contribution is -2.24. The first kappa shape index (κ1) is 23.2. The van der Waals surface area contributed by atoms with Crippen LogP contribution in [0.15, 0.2) is 77.3 Å². The number of aryl methyl sites for hydroxylation is 1. The predicted molar refractivity (Wildman–Crippen MR) is 127 cm³/mol. The molecule has 0 radical (unpaired) electrons. The summed E-state index contributed by atoms with van der Waals surface area (Å²) >= 11 is 0. The fourth-order valence-electron chi connectivity index (χ4n) is 3.69. The number of halogens is 1. The number of nitriles is 1. The van der Waals surface area contributed by atoms with Gasteiger partial charge in [-0.25, -0.2) is 4.39 Å². The largest absolute Gasteiger partial charge is 0.354 e. The number of rotatable bonds is 8. The number of hydrogen-bond acceptors (Lipinski definition) is 6. The maximum atomic E-state index is 14.0. The molecule has 34 heavy (non-hydrogen) atoms. The van der Waals surface area contributed by atoms with E-state index in [1.165, 1.54) is 6.07 Å². The summed E-state index contributed by atoms with van der Waals surface area (Å²) < 4.78 is 25.1. The number of aliphatic hydroxyl groups is 1. The lowest BCUT2D eigenvalue weighted by molar-refractivity contribution is -0.114. The Bertz CT molecular complexity index is 1290. The third-order valence-corrected chi connectivity index (χ3v) is 5.52. The standard InChI is InChI=1S/C27H24FN3O3/c1-17-25(30-27(32)33-18(2)23-5-3-4-6-24(23)28)26(34-31-17)22-13-11-21(12-14-22)20-9-7-19(8-10-20)15-16-29/h3-14,18,27,30,32H,15H2,1-2H3. The van der Waals surface area contributed by atoms with Crippen molar-refractivity contribution in [2.75, 3.05) is 5.32 Å². The molecule has 1 heterocycles. The lowest BCUT2D eigenvalue weighted by Gasteiger charge is -2.20. The Morgan fingerprint density at radius 3 is 2.29 bits per heavy atom. The number of nitrogens with zero attached hydrogens (tertiary/aromatic N) is 2. The third-order valence-electron chi connectivity index (χ3n) is 5.52. The molecule has 0 spiro atoms. The van der Waals surface area contributed by atoms with Gasteiger partial charge in [0.05, 0.1) is 18.6 Å². The van der Waals surface area contributed by atoms with Gasteiger partial charge in [-0.05, 0) is 36.6 Å². The Hall–Kier alpha value is -3.99. The molecule has 0 amide bonds. The molecule has 4 aromatic rings. The molecule has 0 fully saturated rings. The molecule has 0 aliphatic heterocycles. The monoisotopic (exact) mass is 457 g/mol. The van der Waals surface area contributed by atoms with E-state index in [1.54, 1.807) is 32.0 Å². The van der Waals surface area contributed by atoms with E-state index in [0.717, 1.165) is 22.3 Å². The number of aromatic nitrogens is 1. The second kappa shape index (κ2) is 10.3. The van der Waals surface area contributed by atoms with Gasteiger partial charge in [-0.3, -0.25) is 0 Å². The highest BCUT2D eigenvalue weighted by atomic mass is 19.1. The van der Waals surface area contributed by atoms with Crippen molar-refractivity contribution in [3.8, 4) is 28.5 Å². The fourth-order valence-corrected chi connectivity index (χ4v) is 3.69. The molecule has 0 saturated carbocycles. The van der Waals surface area contributed by atoms with Crippen LogP contribution in [0.3, 0.4) is 0 Å². The molecule has 2 N–H and O–H groups in total. The smallest absolute Gasteiger partial charge is 0.236 e. The van der Waals surface area contributed by atoms with Gasteiger partial charge in [-0.1, -0.05) is 71.9 Å². The SMILES string of the molecule is Cc1noc(-c2ccc(-c3ccc(CC#N)cc3)cc2)c1NC(O)OC(C)c1ccccc1F. The second-order valence-corrected chi connectivity index (χ2v) is 7.88. The van der Waals surface area contributed by atoms with Gasteiger partial charge in [-0.15, -0.1) is 0 Å². The molecule has 6 nitrogen and oxygen atoms in total. The molecule has 0 aliphatic rings. The molecule has 172 valence electrons. The van der Waals surface area contributed by atoms with Gasteiger partial charge in [0.25, 0.3) is 0 Å². The quantitative estimate of drug-likeness (QED) is 0.316. The minimum Gasteiger partial charge on any atom is -0.354 e. The summed E-state index contributed by atoms with van der Waals surface area (Å²) in [5, 5.41) is 26.2. The maximum absolute atomic E-state index is 14.0. The zero-order chi connectivity index (χ0) is 24.1. The van der Waals surface area contributed by atoms with Crippen molar-refractivity contribution in [1.29, 1.82) is 5.26 Å². The van der Waals surface area contributed by atoms with Gasteiger partial charge in [-0.2, -0.15) is 5.26 Å². The number of hydrogen-bond donors (Lipinski definition) is 2. The second-order valence-electron chi connectivity index (χ2n) is 7.88. The molecule has 0 aliphatic carbocycles. The van der Waals surface area contributed by atoms with Gasteiger partial charge in [0, 0.05) is 11.1 Å². The van der Waals surface area contributed by atoms with E-state index in [0.29, 0.717) is 29.1 Å². The van der Waals surface area contributed by atoms with E-state index in [1.807, 2.05) is 48.5 Å². The maximum Gasteiger partial charge on any atom is 0.236 e. The van der Waals surface area contributed by atoms with Crippen molar-refractivity contribution >= 4 is 5.69 Å². The number of anilines is 1. The van der Waals surface area contributed by atoms with Crippen LogP contribution in [0.25, 0.3) is 22.5 Å². The highest BCUT2D eigenvalue weighted by molar-refractivity contribution is 5.76. The molecular formula is C27H24FN3O3. The average Bonchev–Trinajstić information content (AvgIpc) is 3.20. The Morgan fingerprint density at radius 2 is 1.65 bits per heavy atom. The van der Waals surface area contributed by atoms with Crippen LogP contribution in [0, 0.1) is 24.1 Å². The summed E-state index contributed by atoms with van der Waals surface area (Å²) in [5.41, 5.74) is 5.17. The normalized spacial score (nSPS) is 12.7. The Morgan fingerprint density at radius 1 is 1.03 bits per heavy atom. The lowest BCUT2D eigenvalue weighted by atomic mass is 10.0. The van der Waals surface area contributed by atoms with Crippen molar-refractivity contribution in [3.63, 3.8) is 0 Å². The van der Waals surface area contributed by atoms with Gasteiger partial charge < -0.3 is 19.7 Å². The van der Waals surface area contributed by atoms with Gasteiger partial charge >= 0.3 is 0 Å². The zero-order valence-corrected chi connectivity index (χ0v) is 18.8. The number of benzene rings is 3. The molecule has 3 aromatic carbocycles. The first-order chi connectivity index (χ1) is 16.5. The summed E-state index contributed by atoms with van der Waals surface area (Å²) in [5.74, 6) is 0.0541. The molecule has 0 saturated heterocycles. The summed E-state index contributed by atoms with van der Waals surface area (Å²) in [6.07, 6.45) is -1.70. The minimum atomic E-state index is -1.40. The molecule has 4 rings (SSSR count). The van der Waals surface area contributed by atoms with E-state index in [2.05, 4.69) is 16.5 Å². The highest BCUT2D eigenvalue weighted by Crippen LogP contribution is 2.33. The van der Waals surface area contributed by atoms with Crippen LogP contribution in [-0.2, 0) is 11.2 Å². The van der Waals surface area contributed by atoms with Crippen LogP contribution in [0.2, 0.25) is 0 Å². The topological polar surface area (TPSA) is 91.3 Å². The van der Waals surface area contributed by atoms with Crippen LogP contribution in [-0.4, -0.2) is 16.7 Å². The first-order valence-electron chi connectivity index (χ1n) is 10.8. The predicted octanol–water partition coefficient (Wildman–Crippen LogP) is 5.99. The first-order valence-corrected chi connectivity index (χ1v) is 10.8. The van der Waals surface area contributed by atoms with E-state index >= 15 is 0 Å². The van der Waals surface area contributed by atoms with Gasteiger partial charge in [0.2, 0.25) is 6.41 Å². The van der Waals surface area contributed by atoms with E-state index in [4.69, 9.17) is 14.5 Å². The molecule has 0 bridgehead atoms. The Labute approximate surface area is 197 Å². The summed E-state index contributed by atoms with van der Waals surface area (Å²) in [6.45, 7) is 3.41. The number of aliphatic hydroxyl groups excluding tert-OH is 1. The van der Waals surface area contributed by atoms with E-state index in [9.17, 15) is 9.50 Å². The highest BCUT2D eigenvalue weighted by Gasteiger charge is 2.21. The summed E-state index contributed by atoms with van der Waals surface area (Å²) in [6, 6.07) is 24.0. The Kier molecular flexibility index (Phi) is 7.02. The molecule has 2 unspecified atom stereocenters. The van der Waals surface area contributed by atoms with Crippen LogP contribution >= 0.6 is 0 Å². The molecular weight excluding hydrogens is 433 g/mol. The molecule has 1 aromatic heterocycles. The molecule has 7 heteroatoms. The number of nitrogens with one attached hydrogen (secondary N) is 1. The van der Waals surface area contributed by atoms with Crippen molar-refractivity contribution in [2.24, 2.45) is 0 Å². The van der Waals surface area contributed by atoms with Crippen LogP contribution in [0.4, 0.5) is 10.1 Å². The Balaban J connectivity index is 1.49. The van der Waals surface area contributed by atoms with Crippen molar-refractivity contribution < 1.29 is 18.8 Å². The number of ether oxygens (including phenoxy) is 1. The van der Waals surface area contributed by atoms with Crippen LogP contribution < -0.4 is 5.32 Å². The zero-order valence-electron chi connectivity index (χ0n) is 18.8. The average molecular weight is 458 g/mol. The van der Waals surface area contributed by atoms with Crippen LogP contribution in [0.5, 0.6) is 0 Å². The van der Waals surface area contributed by atoms with Crippen molar-refractivity contribution in [1.82, 2.24) is 5.16 Å². The van der Waals surface area contributed by atoms with Gasteiger partial charge in [0.15, 0.2) is 5.76 Å². The van der Waals surface area contributed by atoms with Crippen molar-refractivity contribution in [2.45, 2.75) is 32.8 Å². The van der Waals surface area contributed by atoms with Gasteiger partial charge in [0.1, 0.15) is 17.2 Å². The molecule has 2 atom stereocenters. The minimum absolute atomic E-state index is 0.349. The van der Waals surface area contributed by atoms with E-state index in [-0.39, 0.29) is 0 Å². The third kappa shape index (κ3) is 5.15.